The van der Waals surface area contributed by atoms with E-state index in [2.05, 4.69) is 9.71 Å². The van der Waals surface area contributed by atoms with Crippen molar-refractivity contribution in [1.82, 2.24) is 9.88 Å². The number of amides is 1. The Bertz CT molecular complexity index is 1050. The van der Waals surface area contributed by atoms with Crippen LogP contribution in [0.1, 0.15) is 28.4 Å². The van der Waals surface area contributed by atoms with Gasteiger partial charge in [0.1, 0.15) is 11.6 Å². The quantitative estimate of drug-likeness (QED) is 0.702. The van der Waals surface area contributed by atoms with Crippen molar-refractivity contribution in [3.63, 3.8) is 0 Å². The van der Waals surface area contributed by atoms with Crippen molar-refractivity contribution in [2.24, 2.45) is 0 Å². The van der Waals surface area contributed by atoms with Crippen LogP contribution >= 0.6 is 0 Å². The molecule has 2 aromatic rings. The predicted octanol–water partition coefficient (Wildman–Crippen LogP) is 1.18. The first-order valence-electron chi connectivity index (χ1n) is 8.24. The van der Waals surface area contributed by atoms with Crippen molar-refractivity contribution in [2.45, 2.75) is 19.9 Å². The van der Waals surface area contributed by atoms with Crippen molar-refractivity contribution in [1.29, 1.82) is 0 Å². The van der Waals surface area contributed by atoms with E-state index in [1.54, 1.807) is 0 Å². The molecule has 0 unspecified atom stereocenters. The number of halogens is 1. The molecule has 1 aliphatic heterocycles. The normalized spacial score (nSPS) is 14.1. The van der Waals surface area contributed by atoms with E-state index >= 15 is 0 Å². The van der Waals surface area contributed by atoms with Gasteiger partial charge >= 0.3 is 0 Å². The molecule has 3 N–H and O–H groups in total. The number of fused-ring (bicyclic) bond motifs is 1. The average molecular weight is 395 g/mol. The third-order valence-corrected chi connectivity index (χ3v) is 5.63. The van der Waals surface area contributed by atoms with Crippen molar-refractivity contribution in [3.05, 3.63) is 57.1 Å². The maximum atomic E-state index is 13.0. The predicted molar refractivity (Wildman–Crippen MR) is 96.7 cm³/mol. The SMILES string of the molecule is CCS(=O)(=O)Nc1[nH]c(=O)c(O)c2c1CCN(Cc1ccc(F)cc1)C2=O. The molecule has 144 valence electrons. The van der Waals surface area contributed by atoms with E-state index in [1.807, 2.05) is 0 Å². The van der Waals surface area contributed by atoms with Gasteiger partial charge in [-0.2, -0.15) is 0 Å². The summed E-state index contributed by atoms with van der Waals surface area (Å²) in [6.07, 6.45) is 0.230. The molecule has 27 heavy (non-hydrogen) atoms. The number of nitrogens with one attached hydrogen (secondary N) is 2. The molecular formula is C17H18FN3O5S. The Labute approximate surface area is 154 Å². The summed E-state index contributed by atoms with van der Waals surface area (Å²) in [6, 6.07) is 5.63. The number of anilines is 1. The Kier molecular flexibility index (Phi) is 4.92. The van der Waals surface area contributed by atoms with Crippen LogP contribution in [0.5, 0.6) is 5.75 Å². The zero-order chi connectivity index (χ0) is 19.8. The average Bonchev–Trinajstić information content (AvgIpc) is 2.62. The summed E-state index contributed by atoms with van der Waals surface area (Å²) in [6.45, 7) is 1.85. The molecule has 0 atom stereocenters. The topological polar surface area (TPSA) is 120 Å². The summed E-state index contributed by atoms with van der Waals surface area (Å²) in [5, 5.41) is 10.1. The number of carbonyl (C=O) groups is 1. The maximum absolute atomic E-state index is 13.0. The molecule has 0 radical (unpaired) electrons. The Morgan fingerprint density at radius 2 is 1.93 bits per heavy atom. The number of hydrogen-bond acceptors (Lipinski definition) is 5. The third-order valence-electron chi connectivity index (χ3n) is 4.35. The number of aromatic amines is 1. The number of rotatable bonds is 5. The summed E-state index contributed by atoms with van der Waals surface area (Å²) >= 11 is 0. The van der Waals surface area contributed by atoms with Gasteiger partial charge in [-0.25, -0.2) is 12.8 Å². The lowest BCUT2D eigenvalue weighted by Crippen LogP contribution is -2.39. The number of H-pyrrole nitrogens is 1. The van der Waals surface area contributed by atoms with E-state index in [-0.39, 0.29) is 42.2 Å². The largest absolute Gasteiger partial charge is 0.502 e. The second kappa shape index (κ2) is 7.03. The summed E-state index contributed by atoms with van der Waals surface area (Å²) in [5.41, 5.74) is -0.255. The van der Waals surface area contributed by atoms with Crippen LogP contribution in [0.15, 0.2) is 29.1 Å². The second-order valence-corrected chi connectivity index (χ2v) is 8.15. The van der Waals surface area contributed by atoms with Gasteiger partial charge in [0.2, 0.25) is 10.0 Å². The van der Waals surface area contributed by atoms with Gasteiger partial charge in [-0.05, 0) is 31.0 Å². The Morgan fingerprint density at radius 3 is 2.56 bits per heavy atom. The highest BCUT2D eigenvalue weighted by atomic mass is 32.2. The molecule has 0 aliphatic carbocycles. The molecular weight excluding hydrogens is 377 g/mol. The van der Waals surface area contributed by atoms with Crippen molar-refractivity contribution in [2.75, 3.05) is 17.0 Å². The number of pyridine rings is 1. The van der Waals surface area contributed by atoms with Crippen molar-refractivity contribution in [3.8, 4) is 5.75 Å². The summed E-state index contributed by atoms with van der Waals surface area (Å²) in [5.74, 6) is -2.06. The molecule has 0 fully saturated rings. The van der Waals surface area contributed by atoms with Crippen LogP contribution in [0.3, 0.4) is 0 Å². The smallest absolute Gasteiger partial charge is 0.292 e. The molecule has 10 heteroatoms. The molecule has 3 rings (SSSR count). The number of nitrogens with zero attached hydrogens (tertiary/aromatic N) is 1. The van der Waals surface area contributed by atoms with E-state index in [0.29, 0.717) is 5.56 Å². The molecule has 0 saturated carbocycles. The fourth-order valence-electron chi connectivity index (χ4n) is 2.89. The molecule has 1 aromatic heterocycles. The van der Waals surface area contributed by atoms with E-state index in [0.717, 1.165) is 0 Å². The van der Waals surface area contributed by atoms with Gasteiger partial charge in [-0.3, -0.25) is 14.3 Å². The zero-order valence-electron chi connectivity index (χ0n) is 14.5. The first-order valence-corrected chi connectivity index (χ1v) is 9.89. The lowest BCUT2D eigenvalue weighted by atomic mass is 9.98. The maximum Gasteiger partial charge on any atom is 0.292 e. The first-order chi connectivity index (χ1) is 12.7. The Balaban J connectivity index is 1.98. The van der Waals surface area contributed by atoms with Crippen LogP contribution < -0.4 is 10.3 Å². The number of aromatic nitrogens is 1. The second-order valence-electron chi connectivity index (χ2n) is 6.14. The summed E-state index contributed by atoms with van der Waals surface area (Å²) in [4.78, 5) is 28.5. The van der Waals surface area contributed by atoms with Crippen LogP contribution in [0.4, 0.5) is 10.2 Å². The van der Waals surface area contributed by atoms with E-state index in [4.69, 9.17) is 0 Å². The Hall–Kier alpha value is -2.88. The monoisotopic (exact) mass is 395 g/mol. The lowest BCUT2D eigenvalue weighted by molar-refractivity contribution is 0.0723. The zero-order valence-corrected chi connectivity index (χ0v) is 15.3. The molecule has 0 bridgehead atoms. The van der Waals surface area contributed by atoms with Crippen LogP contribution in [0, 0.1) is 5.82 Å². The van der Waals surface area contributed by atoms with Crippen molar-refractivity contribution >= 4 is 21.7 Å². The van der Waals surface area contributed by atoms with E-state index < -0.39 is 33.1 Å². The number of benzene rings is 1. The molecule has 1 amide bonds. The minimum atomic E-state index is -3.68. The van der Waals surface area contributed by atoms with Gasteiger partial charge in [0, 0.05) is 18.7 Å². The number of carbonyl (C=O) groups excluding carboxylic acids is 1. The highest BCUT2D eigenvalue weighted by Crippen LogP contribution is 2.30. The van der Waals surface area contributed by atoms with E-state index in [9.17, 15) is 27.5 Å². The molecule has 1 aromatic carbocycles. The molecule has 8 nitrogen and oxygen atoms in total. The fourth-order valence-corrected chi connectivity index (χ4v) is 3.52. The number of hydrogen-bond donors (Lipinski definition) is 3. The fraction of sp³-hybridized carbons (Fsp3) is 0.294. The van der Waals surface area contributed by atoms with Gasteiger partial charge in [0.25, 0.3) is 11.5 Å². The molecule has 2 heterocycles. The number of aromatic hydroxyl groups is 1. The van der Waals surface area contributed by atoms with Crippen LogP contribution in [-0.2, 0) is 23.0 Å². The molecule has 1 aliphatic rings. The first kappa shape index (κ1) is 18.9. The van der Waals surface area contributed by atoms with Crippen LogP contribution in [-0.4, -0.2) is 41.6 Å². The molecule has 0 saturated heterocycles. The highest BCUT2D eigenvalue weighted by molar-refractivity contribution is 7.92. The summed E-state index contributed by atoms with van der Waals surface area (Å²) < 4.78 is 39.0. The van der Waals surface area contributed by atoms with Gasteiger partial charge in [0.05, 0.1) is 11.3 Å². The van der Waals surface area contributed by atoms with Gasteiger partial charge in [-0.1, -0.05) is 12.1 Å². The van der Waals surface area contributed by atoms with Crippen LogP contribution in [0.25, 0.3) is 0 Å². The Morgan fingerprint density at radius 1 is 1.26 bits per heavy atom. The van der Waals surface area contributed by atoms with Gasteiger partial charge in [-0.15, -0.1) is 0 Å². The highest BCUT2D eigenvalue weighted by Gasteiger charge is 2.32. The summed E-state index contributed by atoms with van der Waals surface area (Å²) in [7, 11) is -3.68. The van der Waals surface area contributed by atoms with E-state index in [1.165, 1.54) is 36.1 Å². The van der Waals surface area contributed by atoms with Gasteiger partial charge < -0.3 is 15.0 Å². The minimum absolute atomic E-state index is 0.107. The van der Waals surface area contributed by atoms with Crippen molar-refractivity contribution < 1.29 is 22.7 Å². The third kappa shape index (κ3) is 3.80. The van der Waals surface area contributed by atoms with Gasteiger partial charge in [0.15, 0.2) is 5.75 Å². The lowest BCUT2D eigenvalue weighted by Gasteiger charge is -2.30. The van der Waals surface area contributed by atoms with Crippen LogP contribution in [0.2, 0.25) is 0 Å². The number of sulfonamides is 1. The standard InChI is InChI=1S/C17H18FN3O5S/c1-2-27(25,26)20-15-12-7-8-21(9-10-3-5-11(18)6-4-10)17(24)13(12)14(22)16(23)19-15/h3-6,22H,2,7-9H2,1H3,(H2,19,20,23). The minimum Gasteiger partial charge on any atom is -0.502 e. The molecule has 0 spiro atoms.